The van der Waals surface area contributed by atoms with Crippen LogP contribution in [-0.2, 0) is 0 Å². The Kier molecular flexibility index (Phi) is 14.8. The lowest BCUT2D eigenvalue weighted by molar-refractivity contribution is 0.978. The van der Waals surface area contributed by atoms with Crippen molar-refractivity contribution in [3.63, 3.8) is 0 Å². The van der Waals surface area contributed by atoms with E-state index in [-0.39, 0.29) is 5.92 Å². The van der Waals surface area contributed by atoms with Crippen molar-refractivity contribution in [1.29, 1.82) is 0 Å². The fraction of sp³-hybridized carbons (Fsp3) is 0.0123. The standard InChI is InChI=1S/C81H59N5/c1-7-21-63(22-8-1)79(64-23-9-2-10-24-64)65-37-35-59(36-38-65)60-39-51-73(52-40-60)85(70-29-15-5-16-30-70)75-55-45-66(46-56-75)80-81(83-78-34-20-19-33-77(78)82-80)67-47-57-76(58-48-67)86(71-31-17-6-18-32-71)74-53-43-62(44-54-74)61-41-49-72(50-42-61)84(68-25-11-3-12-26-68)69-27-13-4-14-28-69/h1-58,79H. The number of benzene rings is 13. The van der Waals surface area contributed by atoms with Crippen molar-refractivity contribution in [2.24, 2.45) is 0 Å². The molecule has 0 bridgehead atoms. The minimum Gasteiger partial charge on any atom is -0.311 e. The number of nitrogens with zero attached hydrogens (tertiary/aromatic N) is 5. The monoisotopic (exact) mass is 1100 g/mol. The normalized spacial score (nSPS) is 11.1. The number of fused-ring (bicyclic) bond motifs is 1. The predicted molar refractivity (Wildman–Crippen MR) is 359 cm³/mol. The fourth-order valence-electron chi connectivity index (χ4n) is 11.7. The first-order chi connectivity index (χ1) is 42.6. The number of hydrogen-bond donors (Lipinski definition) is 0. The highest BCUT2D eigenvalue weighted by molar-refractivity contribution is 5.89. The number of hydrogen-bond acceptors (Lipinski definition) is 5. The number of anilines is 9. The van der Waals surface area contributed by atoms with Gasteiger partial charge in [0.15, 0.2) is 0 Å². The van der Waals surface area contributed by atoms with Gasteiger partial charge in [0.2, 0.25) is 0 Å². The third kappa shape index (κ3) is 11.0. The maximum atomic E-state index is 5.33. The molecule has 0 unspecified atom stereocenters. The zero-order valence-corrected chi connectivity index (χ0v) is 47.3. The van der Waals surface area contributed by atoms with E-state index in [2.05, 4.69) is 342 Å². The van der Waals surface area contributed by atoms with E-state index in [1.54, 1.807) is 0 Å². The molecular weight excluding hydrogens is 1040 g/mol. The van der Waals surface area contributed by atoms with Gasteiger partial charge < -0.3 is 14.7 Å². The van der Waals surface area contributed by atoms with Crippen molar-refractivity contribution in [2.45, 2.75) is 5.92 Å². The Morgan fingerprint density at radius 3 is 0.640 bits per heavy atom. The summed E-state index contributed by atoms with van der Waals surface area (Å²) >= 11 is 0. The van der Waals surface area contributed by atoms with Crippen LogP contribution in [0.2, 0.25) is 0 Å². The summed E-state index contributed by atoms with van der Waals surface area (Å²) in [4.78, 5) is 17.6. The van der Waals surface area contributed by atoms with E-state index >= 15 is 0 Å². The van der Waals surface area contributed by atoms with E-state index in [0.29, 0.717) is 0 Å². The summed E-state index contributed by atoms with van der Waals surface area (Å²) in [6.45, 7) is 0. The first-order valence-electron chi connectivity index (χ1n) is 29.2. The second kappa shape index (κ2) is 24.2. The lowest BCUT2D eigenvalue weighted by atomic mass is 9.84. The van der Waals surface area contributed by atoms with E-state index in [9.17, 15) is 0 Å². The van der Waals surface area contributed by atoms with Crippen LogP contribution in [0, 0.1) is 0 Å². The molecular formula is C81H59N5. The van der Waals surface area contributed by atoms with Gasteiger partial charge in [0, 0.05) is 68.2 Å². The third-order valence-electron chi connectivity index (χ3n) is 16.0. The summed E-state index contributed by atoms with van der Waals surface area (Å²) in [5.74, 6) is 0.149. The van der Waals surface area contributed by atoms with Crippen molar-refractivity contribution in [2.75, 3.05) is 14.7 Å². The van der Waals surface area contributed by atoms with E-state index in [4.69, 9.17) is 9.97 Å². The summed E-state index contributed by atoms with van der Waals surface area (Å²) < 4.78 is 0. The molecule has 5 heteroatoms. The van der Waals surface area contributed by atoms with Crippen molar-refractivity contribution in [3.05, 3.63) is 369 Å². The molecule has 1 aromatic heterocycles. The minimum absolute atomic E-state index is 0.149. The zero-order chi connectivity index (χ0) is 57.4. The van der Waals surface area contributed by atoms with Gasteiger partial charge in [0.05, 0.1) is 22.4 Å². The molecule has 14 aromatic rings. The molecule has 0 spiro atoms. The van der Waals surface area contributed by atoms with Crippen LogP contribution < -0.4 is 14.7 Å². The maximum Gasteiger partial charge on any atom is 0.0973 e. The molecule has 0 saturated carbocycles. The van der Waals surface area contributed by atoms with Gasteiger partial charge in [0.25, 0.3) is 0 Å². The van der Waals surface area contributed by atoms with E-state index in [1.165, 1.54) is 22.3 Å². The maximum absolute atomic E-state index is 5.33. The largest absolute Gasteiger partial charge is 0.311 e. The summed E-state index contributed by atoms with van der Waals surface area (Å²) in [6, 6.07) is 125. The van der Waals surface area contributed by atoms with Crippen LogP contribution in [0.5, 0.6) is 0 Å². The minimum atomic E-state index is 0.149. The van der Waals surface area contributed by atoms with Crippen molar-refractivity contribution in [1.82, 2.24) is 9.97 Å². The number of rotatable bonds is 16. The van der Waals surface area contributed by atoms with Crippen molar-refractivity contribution < 1.29 is 0 Å². The molecule has 0 N–H and O–H groups in total. The Balaban J connectivity index is 0.741. The van der Waals surface area contributed by atoms with Gasteiger partial charge in [0.1, 0.15) is 0 Å². The summed E-state index contributed by atoms with van der Waals surface area (Å²) in [6.07, 6.45) is 0. The van der Waals surface area contributed by atoms with E-state index < -0.39 is 0 Å². The van der Waals surface area contributed by atoms with Crippen LogP contribution in [0.4, 0.5) is 51.2 Å². The van der Waals surface area contributed by atoms with Gasteiger partial charge >= 0.3 is 0 Å². The summed E-state index contributed by atoms with van der Waals surface area (Å²) in [5, 5.41) is 0. The summed E-state index contributed by atoms with van der Waals surface area (Å²) in [5.41, 5.74) is 23.3. The Morgan fingerprint density at radius 1 is 0.174 bits per heavy atom. The van der Waals surface area contributed by atoms with E-state index in [1.807, 2.05) is 24.3 Å². The Hall–Kier alpha value is -11.4. The molecule has 0 radical (unpaired) electrons. The molecule has 86 heavy (non-hydrogen) atoms. The lowest BCUT2D eigenvalue weighted by Gasteiger charge is -2.26. The highest BCUT2D eigenvalue weighted by atomic mass is 15.2. The first kappa shape index (κ1) is 52.7. The number of aromatic nitrogens is 2. The van der Waals surface area contributed by atoms with Gasteiger partial charge in [-0.25, -0.2) is 9.97 Å². The zero-order valence-electron chi connectivity index (χ0n) is 47.3. The molecule has 0 amide bonds. The van der Waals surface area contributed by atoms with Crippen LogP contribution >= 0.6 is 0 Å². The second-order valence-electron chi connectivity index (χ2n) is 21.4. The molecule has 408 valence electrons. The van der Waals surface area contributed by atoms with Gasteiger partial charge in [-0.15, -0.1) is 0 Å². The van der Waals surface area contributed by atoms with Gasteiger partial charge in [-0.2, -0.15) is 0 Å². The van der Waals surface area contributed by atoms with Gasteiger partial charge in [-0.1, -0.05) is 231 Å². The first-order valence-corrected chi connectivity index (χ1v) is 29.2. The smallest absolute Gasteiger partial charge is 0.0973 e. The van der Waals surface area contributed by atoms with Crippen molar-refractivity contribution >= 4 is 62.2 Å². The molecule has 13 aromatic carbocycles. The molecule has 0 aliphatic heterocycles. The van der Waals surface area contributed by atoms with Gasteiger partial charge in [-0.3, -0.25) is 0 Å². The average molecular weight is 1100 g/mol. The highest BCUT2D eigenvalue weighted by Gasteiger charge is 2.21. The molecule has 0 aliphatic carbocycles. The van der Waals surface area contributed by atoms with Crippen LogP contribution in [-0.4, -0.2) is 9.97 Å². The lowest BCUT2D eigenvalue weighted by Crippen LogP contribution is -2.10. The van der Waals surface area contributed by atoms with Crippen LogP contribution in [0.3, 0.4) is 0 Å². The fourth-order valence-corrected chi connectivity index (χ4v) is 11.7. The Bertz CT molecular complexity index is 4120. The Morgan fingerprint density at radius 2 is 0.372 bits per heavy atom. The van der Waals surface area contributed by atoms with Gasteiger partial charge in [-0.05, 0) is 160 Å². The number of para-hydroxylation sites is 6. The predicted octanol–water partition coefficient (Wildman–Crippen LogP) is 21.9. The molecule has 0 aliphatic rings. The Labute approximate surface area is 503 Å². The molecule has 14 rings (SSSR count). The molecule has 0 fully saturated rings. The highest BCUT2D eigenvalue weighted by Crippen LogP contribution is 2.42. The summed E-state index contributed by atoms with van der Waals surface area (Å²) in [7, 11) is 0. The SMILES string of the molecule is c1ccc(C(c2ccccc2)c2ccc(-c3ccc(N(c4ccccc4)c4ccc(-c5nc6ccccc6nc5-c5ccc(N(c6ccccc6)c6ccc(-c7ccc(N(c8ccccc8)c8ccccc8)cc7)cc6)cc5)cc4)cc3)cc2)cc1. The molecule has 1 heterocycles. The topological polar surface area (TPSA) is 35.5 Å². The van der Waals surface area contributed by atoms with E-state index in [0.717, 1.165) is 101 Å². The molecule has 5 nitrogen and oxygen atoms in total. The molecule has 0 atom stereocenters. The molecule has 0 saturated heterocycles. The average Bonchev–Trinajstić information content (AvgIpc) is 2.06. The van der Waals surface area contributed by atoms with Crippen LogP contribution in [0.15, 0.2) is 352 Å². The third-order valence-corrected chi connectivity index (χ3v) is 16.0. The van der Waals surface area contributed by atoms with Crippen LogP contribution in [0.1, 0.15) is 22.6 Å². The van der Waals surface area contributed by atoms with Crippen molar-refractivity contribution in [3.8, 4) is 44.8 Å². The second-order valence-corrected chi connectivity index (χ2v) is 21.4. The quantitative estimate of drug-likeness (QED) is 0.0901. The van der Waals surface area contributed by atoms with Crippen LogP contribution in [0.25, 0.3) is 55.8 Å².